The van der Waals surface area contributed by atoms with Gasteiger partial charge in [-0.15, -0.1) is 0 Å². The number of nitrogens with zero attached hydrogens (tertiary/aromatic N) is 2. The summed E-state index contributed by atoms with van der Waals surface area (Å²) in [5.41, 5.74) is 0. The van der Waals surface area contributed by atoms with Crippen LogP contribution >= 0.6 is 11.6 Å². The van der Waals surface area contributed by atoms with Crippen LogP contribution in [0.4, 0.5) is 11.8 Å². The summed E-state index contributed by atoms with van der Waals surface area (Å²) >= 11 is 6.13. The molecule has 0 spiro atoms. The molecule has 1 aromatic rings. The predicted molar refractivity (Wildman–Crippen MR) is 76.2 cm³/mol. The molecule has 4 nitrogen and oxygen atoms in total. The molecular formula is C13H21ClN4. The first-order valence-electron chi connectivity index (χ1n) is 6.55. The largest absolute Gasteiger partial charge is 0.366 e. The molecule has 2 unspecified atom stereocenters. The van der Waals surface area contributed by atoms with Crippen LogP contribution in [-0.4, -0.2) is 23.1 Å². The van der Waals surface area contributed by atoms with Crippen LogP contribution in [0.3, 0.4) is 0 Å². The molecule has 1 saturated carbocycles. The van der Waals surface area contributed by atoms with Gasteiger partial charge in [0.05, 0.1) is 6.20 Å². The molecule has 0 saturated heterocycles. The fourth-order valence-corrected chi connectivity index (χ4v) is 2.99. The van der Waals surface area contributed by atoms with Crippen LogP contribution in [0.25, 0.3) is 0 Å². The lowest BCUT2D eigenvalue weighted by atomic mass is 9.80. The second-order valence-corrected chi connectivity index (χ2v) is 5.81. The number of halogens is 1. The summed E-state index contributed by atoms with van der Waals surface area (Å²) in [6.07, 6.45) is 5.31. The zero-order chi connectivity index (χ0) is 13.1. The lowest BCUT2D eigenvalue weighted by molar-refractivity contribution is 0.280. The first-order chi connectivity index (χ1) is 8.58. The fourth-order valence-electron chi connectivity index (χ4n) is 2.85. The fraction of sp³-hybridized carbons (Fsp3) is 0.692. The van der Waals surface area contributed by atoms with Crippen molar-refractivity contribution < 1.29 is 0 Å². The first-order valence-corrected chi connectivity index (χ1v) is 6.93. The minimum atomic E-state index is 0.459. The van der Waals surface area contributed by atoms with Gasteiger partial charge in [0.2, 0.25) is 5.95 Å². The molecule has 1 aliphatic rings. The van der Waals surface area contributed by atoms with Gasteiger partial charge in [0.25, 0.3) is 0 Å². The third-order valence-corrected chi connectivity index (χ3v) is 3.76. The average Bonchev–Trinajstić information content (AvgIpc) is 2.30. The molecular weight excluding hydrogens is 248 g/mol. The summed E-state index contributed by atoms with van der Waals surface area (Å²) in [4.78, 5) is 8.46. The van der Waals surface area contributed by atoms with Gasteiger partial charge in [-0.2, -0.15) is 4.98 Å². The van der Waals surface area contributed by atoms with Gasteiger partial charge in [0, 0.05) is 13.1 Å². The quantitative estimate of drug-likeness (QED) is 0.882. The van der Waals surface area contributed by atoms with Crippen LogP contribution in [0.5, 0.6) is 0 Å². The van der Waals surface area contributed by atoms with Gasteiger partial charge in [-0.3, -0.25) is 0 Å². The van der Waals surface area contributed by atoms with Crippen LogP contribution in [0.15, 0.2) is 6.20 Å². The Kier molecular flexibility index (Phi) is 4.27. The van der Waals surface area contributed by atoms with Gasteiger partial charge in [-0.1, -0.05) is 25.4 Å². The zero-order valence-corrected chi connectivity index (χ0v) is 12.0. The molecule has 0 radical (unpaired) electrons. The number of aromatic nitrogens is 2. The number of anilines is 2. The van der Waals surface area contributed by atoms with Crippen molar-refractivity contribution in [1.29, 1.82) is 0 Å². The van der Waals surface area contributed by atoms with Gasteiger partial charge in [-0.25, -0.2) is 4.98 Å². The molecule has 1 aliphatic carbocycles. The van der Waals surface area contributed by atoms with E-state index in [4.69, 9.17) is 11.6 Å². The van der Waals surface area contributed by atoms with Crippen LogP contribution < -0.4 is 10.6 Å². The third kappa shape index (κ3) is 3.25. The Morgan fingerprint density at radius 3 is 2.50 bits per heavy atom. The molecule has 0 bridgehead atoms. The summed E-state index contributed by atoms with van der Waals surface area (Å²) < 4.78 is 0. The minimum Gasteiger partial charge on any atom is -0.366 e. The van der Waals surface area contributed by atoms with E-state index in [1.165, 1.54) is 19.3 Å². The van der Waals surface area contributed by atoms with Crippen molar-refractivity contribution in [1.82, 2.24) is 9.97 Å². The molecule has 1 aromatic heterocycles. The van der Waals surface area contributed by atoms with E-state index in [1.54, 1.807) is 13.2 Å². The molecule has 0 aromatic carbocycles. The Bertz CT molecular complexity index is 400. The maximum absolute atomic E-state index is 6.13. The van der Waals surface area contributed by atoms with E-state index in [2.05, 4.69) is 34.4 Å². The Hall–Kier alpha value is -1.03. The molecule has 1 fully saturated rings. The molecule has 1 heterocycles. The van der Waals surface area contributed by atoms with E-state index in [0.29, 0.717) is 17.0 Å². The van der Waals surface area contributed by atoms with E-state index in [-0.39, 0.29) is 0 Å². The molecule has 2 N–H and O–H groups in total. The topological polar surface area (TPSA) is 49.8 Å². The number of hydrogen-bond acceptors (Lipinski definition) is 4. The summed E-state index contributed by atoms with van der Waals surface area (Å²) in [6.45, 7) is 4.62. The van der Waals surface area contributed by atoms with Crippen LogP contribution in [0.2, 0.25) is 5.02 Å². The Labute approximate surface area is 114 Å². The highest BCUT2D eigenvalue weighted by atomic mass is 35.5. The Morgan fingerprint density at radius 2 is 1.89 bits per heavy atom. The van der Waals surface area contributed by atoms with Crippen LogP contribution in [0.1, 0.15) is 33.1 Å². The molecule has 2 atom stereocenters. The van der Waals surface area contributed by atoms with E-state index < -0.39 is 0 Å². The summed E-state index contributed by atoms with van der Waals surface area (Å²) in [7, 11) is 1.80. The zero-order valence-electron chi connectivity index (χ0n) is 11.2. The number of rotatable bonds is 3. The van der Waals surface area contributed by atoms with Crippen molar-refractivity contribution in [2.75, 3.05) is 17.7 Å². The predicted octanol–water partition coefficient (Wildman–Crippen LogP) is 3.41. The normalized spacial score (nSPS) is 27.9. The maximum atomic E-state index is 6.13. The smallest absolute Gasteiger partial charge is 0.224 e. The van der Waals surface area contributed by atoms with E-state index >= 15 is 0 Å². The molecule has 2 rings (SSSR count). The van der Waals surface area contributed by atoms with Crippen LogP contribution in [-0.2, 0) is 0 Å². The summed E-state index contributed by atoms with van der Waals surface area (Å²) in [6, 6.07) is 0.459. The molecule has 0 amide bonds. The average molecular weight is 269 g/mol. The van der Waals surface area contributed by atoms with Crippen molar-refractivity contribution in [3.63, 3.8) is 0 Å². The van der Waals surface area contributed by atoms with Gasteiger partial charge in [-0.05, 0) is 31.1 Å². The molecule has 5 heteroatoms. The minimum absolute atomic E-state index is 0.459. The van der Waals surface area contributed by atoms with Gasteiger partial charge < -0.3 is 10.6 Å². The highest BCUT2D eigenvalue weighted by Gasteiger charge is 2.24. The van der Waals surface area contributed by atoms with E-state index in [1.807, 2.05) is 0 Å². The van der Waals surface area contributed by atoms with Crippen molar-refractivity contribution in [3.05, 3.63) is 11.2 Å². The standard InChI is InChI=1S/C13H21ClN4/c1-8-4-9(2)6-10(5-8)17-12-11(14)7-16-13(15-3)18-12/h7-10H,4-6H2,1-3H3,(H2,15,16,17,18). The third-order valence-electron chi connectivity index (χ3n) is 3.49. The summed E-state index contributed by atoms with van der Waals surface area (Å²) in [5, 5.41) is 6.97. The second-order valence-electron chi connectivity index (χ2n) is 5.40. The molecule has 0 aliphatic heterocycles. The van der Waals surface area contributed by atoms with E-state index in [0.717, 1.165) is 17.7 Å². The van der Waals surface area contributed by atoms with Crippen molar-refractivity contribution in [2.24, 2.45) is 11.8 Å². The van der Waals surface area contributed by atoms with Gasteiger partial charge >= 0.3 is 0 Å². The van der Waals surface area contributed by atoms with Crippen molar-refractivity contribution in [3.8, 4) is 0 Å². The number of hydrogen-bond donors (Lipinski definition) is 2. The first kappa shape index (κ1) is 13.4. The lowest BCUT2D eigenvalue weighted by Gasteiger charge is -2.32. The Morgan fingerprint density at radius 1 is 1.22 bits per heavy atom. The molecule has 18 heavy (non-hydrogen) atoms. The second kappa shape index (κ2) is 5.74. The highest BCUT2D eigenvalue weighted by Crippen LogP contribution is 2.31. The number of nitrogens with one attached hydrogen (secondary N) is 2. The summed E-state index contributed by atoms with van der Waals surface area (Å²) in [5.74, 6) is 2.85. The maximum Gasteiger partial charge on any atom is 0.224 e. The van der Waals surface area contributed by atoms with Gasteiger partial charge in [0.1, 0.15) is 5.02 Å². The SMILES string of the molecule is CNc1ncc(Cl)c(NC2CC(C)CC(C)C2)n1. The van der Waals surface area contributed by atoms with Gasteiger partial charge in [0.15, 0.2) is 5.82 Å². The van der Waals surface area contributed by atoms with Crippen molar-refractivity contribution >= 4 is 23.4 Å². The van der Waals surface area contributed by atoms with Crippen LogP contribution in [0, 0.1) is 11.8 Å². The van der Waals surface area contributed by atoms with Crippen molar-refractivity contribution in [2.45, 2.75) is 39.2 Å². The lowest BCUT2D eigenvalue weighted by Crippen LogP contribution is -2.30. The van der Waals surface area contributed by atoms with E-state index in [9.17, 15) is 0 Å². The monoisotopic (exact) mass is 268 g/mol. The Balaban J connectivity index is 2.08. The molecule has 100 valence electrons. The highest BCUT2D eigenvalue weighted by molar-refractivity contribution is 6.32.